The molecule has 1 heterocycles. The average Bonchev–Trinajstić information content (AvgIpc) is 2.92. The van der Waals surface area contributed by atoms with Crippen molar-refractivity contribution in [3.05, 3.63) is 46.3 Å². The normalized spacial score (nSPS) is 9.45. The van der Waals surface area contributed by atoms with Crippen LogP contribution in [0.3, 0.4) is 0 Å². The van der Waals surface area contributed by atoms with E-state index < -0.39 is 0 Å². The molecule has 0 saturated carbocycles. The van der Waals surface area contributed by atoms with Crippen molar-refractivity contribution in [2.45, 2.75) is 41.0 Å². The van der Waals surface area contributed by atoms with Gasteiger partial charge in [-0.2, -0.15) is 0 Å². The molecule has 0 spiro atoms. The first-order chi connectivity index (χ1) is 10.6. The minimum atomic E-state index is 0.682. The minimum absolute atomic E-state index is 0.682. The monoisotopic (exact) mass is 320 g/mol. The number of rotatable bonds is 4. The largest absolute Gasteiger partial charge is 0.400 e. The molecule has 0 atom stereocenters. The van der Waals surface area contributed by atoms with Crippen LogP contribution < -0.4 is 0 Å². The van der Waals surface area contributed by atoms with E-state index in [1.165, 1.54) is 16.0 Å². The zero-order valence-corrected chi connectivity index (χ0v) is 15.3. The van der Waals surface area contributed by atoms with E-state index in [2.05, 4.69) is 44.2 Å². The van der Waals surface area contributed by atoms with Crippen molar-refractivity contribution in [3.8, 4) is 10.4 Å². The number of hydrogen-bond donors (Lipinski definition) is 1. The third-order valence-corrected chi connectivity index (χ3v) is 4.16. The summed E-state index contributed by atoms with van der Waals surface area (Å²) in [6.45, 7) is 10.4. The van der Waals surface area contributed by atoms with Crippen molar-refractivity contribution in [1.82, 2.24) is 0 Å². The van der Waals surface area contributed by atoms with E-state index in [1.54, 1.807) is 11.3 Å². The number of carbonyl (C=O) groups is 1. The van der Waals surface area contributed by atoms with Gasteiger partial charge in [-0.15, -0.1) is 11.3 Å². The van der Waals surface area contributed by atoms with Gasteiger partial charge in [-0.05, 0) is 42.0 Å². The van der Waals surface area contributed by atoms with Crippen LogP contribution >= 0.6 is 11.3 Å². The summed E-state index contributed by atoms with van der Waals surface area (Å²) in [6, 6.07) is 10.8. The van der Waals surface area contributed by atoms with Gasteiger partial charge < -0.3 is 5.11 Å². The van der Waals surface area contributed by atoms with E-state index >= 15 is 0 Å². The summed E-state index contributed by atoms with van der Waals surface area (Å²) in [5.74, 6) is 0.682. The summed E-state index contributed by atoms with van der Waals surface area (Å²) in [6.07, 6.45) is 2.06. The second kappa shape index (κ2) is 11.2. The first kappa shape index (κ1) is 20.6. The number of hydrogen-bond acceptors (Lipinski definition) is 3. The molecule has 0 aliphatic carbocycles. The molecule has 1 N–H and O–H groups in total. The summed E-state index contributed by atoms with van der Waals surface area (Å²) in [5, 5.41) is 7.00. The van der Waals surface area contributed by atoms with Gasteiger partial charge >= 0.3 is 0 Å². The molecule has 0 aliphatic heterocycles. The van der Waals surface area contributed by atoms with Crippen molar-refractivity contribution in [2.24, 2.45) is 5.92 Å². The number of aryl methyl sites for hydroxylation is 1. The lowest BCUT2D eigenvalue weighted by Gasteiger charge is -2.05. The van der Waals surface area contributed by atoms with Gasteiger partial charge in [0.2, 0.25) is 0 Å². The Labute approximate surface area is 138 Å². The highest BCUT2D eigenvalue weighted by atomic mass is 32.1. The Morgan fingerprint density at radius 1 is 1.14 bits per heavy atom. The molecule has 0 aliphatic rings. The minimum Gasteiger partial charge on any atom is -0.400 e. The molecule has 0 amide bonds. The van der Waals surface area contributed by atoms with Gasteiger partial charge in [0, 0.05) is 12.0 Å². The van der Waals surface area contributed by atoms with E-state index in [1.807, 2.05) is 20.8 Å². The van der Waals surface area contributed by atoms with Crippen molar-refractivity contribution in [1.29, 1.82) is 0 Å². The SMILES string of the molecule is CC.CO.Cc1cc(-c2ccc(CC(C)C)cc2)sc1C=O. The number of aliphatic hydroxyl groups is 1. The Bertz CT molecular complexity index is 539. The smallest absolute Gasteiger partial charge is 0.160 e. The van der Waals surface area contributed by atoms with Crippen LogP contribution in [0.15, 0.2) is 30.3 Å². The Balaban J connectivity index is 0.00000102. The van der Waals surface area contributed by atoms with Crippen molar-refractivity contribution in [2.75, 3.05) is 7.11 Å². The first-order valence-corrected chi connectivity index (χ1v) is 8.51. The van der Waals surface area contributed by atoms with E-state index in [0.29, 0.717) is 5.92 Å². The Hall–Kier alpha value is -1.45. The summed E-state index contributed by atoms with van der Waals surface area (Å²) in [7, 11) is 1.00. The number of thiophene rings is 1. The van der Waals surface area contributed by atoms with Crippen LogP contribution in [0.5, 0.6) is 0 Å². The lowest BCUT2D eigenvalue weighted by molar-refractivity contribution is 0.112. The van der Waals surface area contributed by atoms with Crippen LogP contribution in [0.25, 0.3) is 10.4 Å². The van der Waals surface area contributed by atoms with Crippen LogP contribution in [0.4, 0.5) is 0 Å². The molecule has 0 saturated heterocycles. The maximum absolute atomic E-state index is 10.9. The lowest BCUT2D eigenvalue weighted by atomic mass is 10.0. The molecule has 0 unspecified atom stereocenters. The van der Waals surface area contributed by atoms with E-state index in [4.69, 9.17) is 5.11 Å². The van der Waals surface area contributed by atoms with Gasteiger partial charge in [0.15, 0.2) is 6.29 Å². The van der Waals surface area contributed by atoms with Gasteiger partial charge in [-0.3, -0.25) is 4.79 Å². The fraction of sp³-hybridized carbons (Fsp3) is 0.421. The molecule has 2 aromatic rings. The zero-order valence-electron chi connectivity index (χ0n) is 14.5. The molecule has 0 bridgehead atoms. The van der Waals surface area contributed by atoms with Crippen LogP contribution in [0.1, 0.15) is 48.5 Å². The number of aldehydes is 1. The maximum atomic E-state index is 10.9. The standard InChI is InChI=1S/C16H18OS.C2H6.CH4O/c1-11(2)8-13-4-6-14(7-5-13)15-9-12(3)16(10-17)18-15;2*1-2/h4-7,9-11H,8H2,1-3H3;1-2H3;2H,1H3. The number of carbonyl (C=O) groups excluding carboxylic acids is 1. The number of aliphatic hydroxyl groups excluding tert-OH is 1. The Kier molecular flexibility index (Phi) is 10.4. The summed E-state index contributed by atoms with van der Waals surface area (Å²) < 4.78 is 0. The molecule has 2 rings (SSSR count). The molecular weight excluding hydrogens is 292 g/mol. The second-order valence-corrected chi connectivity index (χ2v) is 6.15. The first-order valence-electron chi connectivity index (χ1n) is 7.70. The molecule has 3 heteroatoms. The summed E-state index contributed by atoms with van der Waals surface area (Å²) >= 11 is 1.56. The van der Waals surface area contributed by atoms with Crippen molar-refractivity contribution >= 4 is 17.6 Å². The molecule has 0 radical (unpaired) electrons. The molecule has 1 aromatic heterocycles. The highest BCUT2D eigenvalue weighted by Gasteiger charge is 2.06. The molecular formula is C19H28O2S. The van der Waals surface area contributed by atoms with E-state index in [9.17, 15) is 4.79 Å². The van der Waals surface area contributed by atoms with Crippen molar-refractivity contribution in [3.63, 3.8) is 0 Å². The van der Waals surface area contributed by atoms with E-state index in [-0.39, 0.29) is 0 Å². The molecule has 0 fully saturated rings. The lowest BCUT2D eigenvalue weighted by Crippen LogP contribution is -1.93. The third kappa shape index (κ3) is 6.12. The topological polar surface area (TPSA) is 37.3 Å². The van der Waals surface area contributed by atoms with Gasteiger partial charge in [0.25, 0.3) is 0 Å². The summed E-state index contributed by atoms with van der Waals surface area (Å²) in [4.78, 5) is 12.9. The Morgan fingerprint density at radius 2 is 1.68 bits per heavy atom. The summed E-state index contributed by atoms with van der Waals surface area (Å²) in [5.41, 5.74) is 3.64. The van der Waals surface area contributed by atoms with E-state index in [0.717, 1.165) is 30.3 Å². The fourth-order valence-corrected chi connectivity index (χ4v) is 3.03. The number of benzene rings is 1. The quantitative estimate of drug-likeness (QED) is 0.769. The van der Waals surface area contributed by atoms with Crippen molar-refractivity contribution < 1.29 is 9.90 Å². The Morgan fingerprint density at radius 3 is 2.09 bits per heavy atom. The predicted octanol–water partition coefficient (Wildman–Crippen LogP) is 5.37. The third-order valence-electron chi connectivity index (χ3n) is 2.95. The molecule has 122 valence electrons. The highest BCUT2D eigenvalue weighted by Crippen LogP contribution is 2.30. The van der Waals surface area contributed by atoms with Gasteiger partial charge in [0.05, 0.1) is 4.88 Å². The molecule has 1 aromatic carbocycles. The van der Waals surface area contributed by atoms with Gasteiger partial charge in [-0.25, -0.2) is 0 Å². The average molecular weight is 320 g/mol. The zero-order chi connectivity index (χ0) is 17.1. The molecule has 22 heavy (non-hydrogen) atoms. The fourth-order valence-electron chi connectivity index (χ4n) is 2.03. The van der Waals surface area contributed by atoms with Gasteiger partial charge in [-0.1, -0.05) is 52.0 Å². The molecule has 2 nitrogen and oxygen atoms in total. The van der Waals surface area contributed by atoms with Crippen LogP contribution in [0.2, 0.25) is 0 Å². The van der Waals surface area contributed by atoms with Crippen LogP contribution in [-0.2, 0) is 6.42 Å². The second-order valence-electron chi connectivity index (χ2n) is 5.07. The van der Waals surface area contributed by atoms with Crippen LogP contribution in [-0.4, -0.2) is 18.5 Å². The highest BCUT2D eigenvalue weighted by molar-refractivity contribution is 7.17. The maximum Gasteiger partial charge on any atom is 0.160 e. The predicted molar refractivity (Wildman–Crippen MR) is 97.9 cm³/mol. The van der Waals surface area contributed by atoms with Crippen LogP contribution in [0, 0.1) is 12.8 Å². The van der Waals surface area contributed by atoms with Gasteiger partial charge in [0.1, 0.15) is 0 Å².